The Bertz CT molecular complexity index is 697. The molecule has 1 aromatic carbocycles. The van der Waals surface area contributed by atoms with Crippen molar-refractivity contribution in [1.82, 2.24) is 15.2 Å². The summed E-state index contributed by atoms with van der Waals surface area (Å²) in [6, 6.07) is 7.99. The van der Waals surface area contributed by atoms with Crippen LogP contribution in [0.2, 0.25) is 0 Å². The molecule has 1 aliphatic rings. The van der Waals surface area contributed by atoms with Gasteiger partial charge in [-0.2, -0.15) is 0 Å². The average molecular weight is 343 g/mol. The third kappa shape index (κ3) is 4.07. The molecule has 2 aromatic rings. The maximum atomic E-state index is 12.4. The van der Waals surface area contributed by atoms with Gasteiger partial charge in [0.15, 0.2) is 0 Å². The van der Waals surface area contributed by atoms with Crippen molar-refractivity contribution in [3.63, 3.8) is 0 Å². The summed E-state index contributed by atoms with van der Waals surface area (Å²) in [6.45, 7) is 3.14. The normalized spacial score (nSPS) is 16.3. The van der Waals surface area contributed by atoms with Crippen molar-refractivity contribution in [2.75, 3.05) is 32.8 Å². The smallest absolute Gasteiger partial charge is 0.258 e. The van der Waals surface area contributed by atoms with Gasteiger partial charge in [-0.25, -0.2) is 0 Å². The minimum absolute atomic E-state index is 0.0606. The maximum Gasteiger partial charge on any atom is 0.258 e. The Hall–Kier alpha value is -2.64. The van der Waals surface area contributed by atoms with Crippen LogP contribution in [0.1, 0.15) is 22.0 Å². The van der Waals surface area contributed by atoms with E-state index in [0.29, 0.717) is 19.8 Å². The number of nitrogens with one attached hydrogen (secondary N) is 1. The first-order valence-electron chi connectivity index (χ1n) is 8.17. The fourth-order valence-electron chi connectivity index (χ4n) is 2.96. The minimum atomic E-state index is -0.516. The molecule has 2 heterocycles. The van der Waals surface area contributed by atoms with E-state index in [4.69, 9.17) is 4.74 Å². The Labute approximate surface area is 145 Å². The number of ether oxygens (including phenoxy) is 1. The highest BCUT2D eigenvalue weighted by atomic mass is 16.5. The zero-order chi connectivity index (χ0) is 17.6. The van der Waals surface area contributed by atoms with E-state index >= 15 is 0 Å². The Morgan fingerprint density at radius 1 is 1.20 bits per heavy atom. The standard InChI is InChI=1S/C18H21N3O4/c22-15-4-1-5-16(23)17(15)18(24)20-12-14(13-3-2-6-19-11-13)21-7-9-25-10-8-21/h1-6,11,14,22-23H,7-10,12H2,(H,20,24). The van der Waals surface area contributed by atoms with E-state index in [1.807, 2.05) is 12.1 Å². The van der Waals surface area contributed by atoms with Crippen LogP contribution in [0.15, 0.2) is 42.7 Å². The second-order valence-corrected chi connectivity index (χ2v) is 5.83. The molecule has 1 saturated heterocycles. The van der Waals surface area contributed by atoms with E-state index < -0.39 is 5.91 Å². The van der Waals surface area contributed by atoms with Gasteiger partial charge in [0.1, 0.15) is 17.1 Å². The van der Waals surface area contributed by atoms with Crippen LogP contribution in [0.3, 0.4) is 0 Å². The Morgan fingerprint density at radius 2 is 1.92 bits per heavy atom. The summed E-state index contributed by atoms with van der Waals surface area (Å²) in [6.07, 6.45) is 3.49. The molecule has 7 heteroatoms. The van der Waals surface area contributed by atoms with E-state index in [1.165, 1.54) is 18.2 Å². The minimum Gasteiger partial charge on any atom is -0.507 e. The Morgan fingerprint density at radius 3 is 2.56 bits per heavy atom. The lowest BCUT2D eigenvalue weighted by molar-refractivity contribution is 0.0161. The molecule has 1 aromatic heterocycles. The number of rotatable bonds is 5. The molecule has 0 radical (unpaired) electrons. The predicted molar refractivity (Wildman–Crippen MR) is 91.5 cm³/mol. The summed E-state index contributed by atoms with van der Waals surface area (Å²) >= 11 is 0. The number of amides is 1. The number of aromatic nitrogens is 1. The van der Waals surface area contributed by atoms with Gasteiger partial charge < -0.3 is 20.3 Å². The number of phenols is 2. The largest absolute Gasteiger partial charge is 0.507 e. The number of hydrogen-bond donors (Lipinski definition) is 3. The Balaban J connectivity index is 1.75. The number of benzene rings is 1. The lowest BCUT2D eigenvalue weighted by Crippen LogP contribution is -2.43. The fraction of sp³-hybridized carbons (Fsp3) is 0.333. The van der Waals surface area contributed by atoms with E-state index in [1.54, 1.807) is 12.4 Å². The van der Waals surface area contributed by atoms with Gasteiger partial charge in [-0.1, -0.05) is 12.1 Å². The van der Waals surface area contributed by atoms with Crippen LogP contribution in [0, 0.1) is 0 Å². The van der Waals surface area contributed by atoms with E-state index in [0.717, 1.165) is 18.7 Å². The molecule has 7 nitrogen and oxygen atoms in total. The van der Waals surface area contributed by atoms with Crippen LogP contribution in [0.5, 0.6) is 11.5 Å². The second-order valence-electron chi connectivity index (χ2n) is 5.83. The molecule has 1 amide bonds. The zero-order valence-electron chi connectivity index (χ0n) is 13.8. The summed E-state index contributed by atoms with van der Waals surface area (Å²) in [5.74, 6) is -1.01. The highest BCUT2D eigenvalue weighted by Gasteiger charge is 2.24. The van der Waals surface area contributed by atoms with Crippen molar-refractivity contribution in [2.24, 2.45) is 0 Å². The number of aromatic hydroxyl groups is 2. The first-order valence-corrected chi connectivity index (χ1v) is 8.17. The molecule has 1 fully saturated rings. The molecule has 0 spiro atoms. The second kappa shape index (κ2) is 7.96. The molecule has 25 heavy (non-hydrogen) atoms. The number of morpholine rings is 1. The molecule has 0 saturated carbocycles. The van der Waals surface area contributed by atoms with Gasteiger partial charge in [0.25, 0.3) is 5.91 Å². The zero-order valence-corrected chi connectivity index (χ0v) is 13.8. The number of hydrogen-bond acceptors (Lipinski definition) is 6. The Kier molecular flexibility index (Phi) is 5.47. The summed E-state index contributed by atoms with van der Waals surface area (Å²) in [5, 5.41) is 22.5. The van der Waals surface area contributed by atoms with Crippen molar-refractivity contribution in [3.05, 3.63) is 53.9 Å². The molecule has 3 rings (SSSR count). The number of phenolic OH excluding ortho intramolecular Hbond substituents is 2. The van der Waals surface area contributed by atoms with Gasteiger partial charge in [-0.3, -0.25) is 14.7 Å². The van der Waals surface area contributed by atoms with Crippen LogP contribution in [-0.2, 0) is 4.74 Å². The molecule has 1 atom stereocenters. The highest BCUT2D eigenvalue weighted by molar-refractivity contribution is 5.99. The fourth-order valence-corrected chi connectivity index (χ4v) is 2.96. The van der Waals surface area contributed by atoms with Crippen molar-refractivity contribution in [2.45, 2.75) is 6.04 Å². The molecule has 3 N–H and O–H groups in total. The lowest BCUT2D eigenvalue weighted by Gasteiger charge is -2.34. The molecule has 0 bridgehead atoms. The van der Waals surface area contributed by atoms with E-state index in [-0.39, 0.29) is 23.1 Å². The number of pyridine rings is 1. The molecular formula is C18H21N3O4. The summed E-state index contributed by atoms with van der Waals surface area (Å²) in [4.78, 5) is 18.8. The molecule has 132 valence electrons. The maximum absolute atomic E-state index is 12.4. The van der Waals surface area contributed by atoms with E-state index in [9.17, 15) is 15.0 Å². The van der Waals surface area contributed by atoms with Crippen molar-refractivity contribution in [3.8, 4) is 11.5 Å². The lowest BCUT2D eigenvalue weighted by atomic mass is 10.1. The van der Waals surface area contributed by atoms with Gasteiger partial charge in [-0.05, 0) is 23.8 Å². The summed E-state index contributed by atoms with van der Waals surface area (Å²) in [7, 11) is 0. The first-order chi connectivity index (χ1) is 12.2. The van der Waals surface area contributed by atoms with Gasteiger partial charge in [0.05, 0.1) is 19.3 Å². The number of carbonyl (C=O) groups excluding carboxylic acids is 1. The monoisotopic (exact) mass is 343 g/mol. The third-order valence-corrected chi connectivity index (χ3v) is 4.26. The topological polar surface area (TPSA) is 94.9 Å². The van der Waals surface area contributed by atoms with Crippen LogP contribution in [0.4, 0.5) is 0 Å². The van der Waals surface area contributed by atoms with Gasteiger partial charge in [-0.15, -0.1) is 0 Å². The molecule has 1 aliphatic heterocycles. The van der Waals surface area contributed by atoms with E-state index in [2.05, 4.69) is 15.2 Å². The van der Waals surface area contributed by atoms with Crippen molar-refractivity contribution in [1.29, 1.82) is 0 Å². The van der Waals surface area contributed by atoms with Crippen LogP contribution in [0.25, 0.3) is 0 Å². The average Bonchev–Trinajstić information content (AvgIpc) is 2.63. The van der Waals surface area contributed by atoms with Gasteiger partial charge >= 0.3 is 0 Å². The predicted octanol–water partition coefficient (Wildman–Crippen LogP) is 1.30. The molecule has 0 aliphatic carbocycles. The highest BCUT2D eigenvalue weighted by Crippen LogP contribution is 2.26. The van der Waals surface area contributed by atoms with Crippen LogP contribution in [-0.4, -0.2) is 58.9 Å². The first kappa shape index (κ1) is 17.2. The molecular weight excluding hydrogens is 322 g/mol. The van der Waals surface area contributed by atoms with Crippen molar-refractivity contribution < 1.29 is 19.7 Å². The summed E-state index contributed by atoms with van der Waals surface area (Å²) < 4.78 is 5.40. The van der Waals surface area contributed by atoms with Gasteiger partial charge in [0, 0.05) is 32.0 Å². The SMILES string of the molecule is O=C(NCC(c1cccnc1)N1CCOCC1)c1c(O)cccc1O. The third-order valence-electron chi connectivity index (χ3n) is 4.26. The quantitative estimate of drug-likeness (QED) is 0.757. The number of carbonyl (C=O) groups is 1. The summed E-state index contributed by atoms with van der Waals surface area (Å²) in [5.41, 5.74) is 0.876. The van der Waals surface area contributed by atoms with Crippen LogP contribution >= 0.6 is 0 Å². The van der Waals surface area contributed by atoms with Crippen molar-refractivity contribution >= 4 is 5.91 Å². The number of nitrogens with zero attached hydrogens (tertiary/aromatic N) is 2. The van der Waals surface area contributed by atoms with Crippen LogP contribution < -0.4 is 5.32 Å². The molecule has 1 unspecified atom stereocenters. The van der Waals surface area contributed by atoms with Gasteiger partial charge in [0.2, 0.25) is 0 Å².